The normalized spacial score (nSPS) is 13.0. The van der Waals surface area contributed by atoms with Crippen LogP contribution in [-0.2, 0) is 0 Å². The van der Waals surface area contributed by atoms with E-state index in [-0.39, 0.29) is 0 Å². The third-order valence-corrected chi connectivity index (χ3v) is 4.07. The second kappa shape index (κ2) is 11.7. The van der Waals surface area contributed by atoms with E-state index < -0.39 is 0 Å². The van der Waals surface area contributed by atoms with Gasteiger partial charge in [-0.1, -0.05) is 0 Å². The third kappa shape index (κ3) is 9.26. The molecule has 0 aromatic carbocycles. The molecule has 0 unspecified atom stereocenters. The maximum atomic E-state index is 4.28. The molecule has 0 saturated carbocycles. The van der Waals surface area contributed by atoms with Gasteiger partial charge in [-0.3, -0.25) is 9.89 Å². The van der Waals surface area contributed by atoms with Crippen LogP contribution in [0.4, 0.5) is 0 Å². The van der Waals surface area contributed by atoms with Gasteiger partial charge in [0.2, 0.25) is 0 Å². The first kappa shape index (κ1) is 21.2. The summed E-state index contributed by atoms with van der Waals surface area (Å²) in [6, 6.07) is 1.78. The Hall–Kier alpha value is -0.810. The van der Waals surface area contributed by atoms with Gasteiger partial charge in [0.25, 0.3) is 0 Å². The fourth-order valence-electron chi connectivity index (χ4n) is 2.41. The molecule has 0 fully saturated rings. The lowest BCUT2D eigenvalue weighted by atomic mass is 10.2. The zero-order chi connectivity index (χ0) is 17.1. The predicted octanol–water partition coefficient (Wildman–Crippen LogP) is 2.00. The quantitative estimate of drug-likeness (QED) is 0.368. The monoisotopic (exact) mass is 313 g/mol. The van der Waals surface area contributed by atoms with E-state index >= 15 is 0 Å². The van der Waals surface area contributed by atoms with Gasteiger partial charge in [0, 0.05) is 51.4 Å². The van der Waals surface area contributed by atoms with Crippen molar-refractivity contribution >= 4 is 5.96 Å². The molecule has 5 nitrogen and oxygen atoms in total. The molecule has 0 bridgehead atoms. The molecule has 0 aliphatic rings. The van der Waals surface area contributed by atoms with E-state index in [1.54, 1.807) is 0 Å². The van der Waals surface area contributed by atoms with Crippen LogP contribution < -0.4 is 10.6 Å². The van der Waals surface area contributed by atoms with Crippen LogP contribution in [0.1, 0.15) is 48.0 Å². The highest BCUT2D eigenvalue weighted by molar-refractivity contribution is 5.79. The van der Waals surface area contributed by atoms with E-state index in [2.05, 4.69) is 74.0 Å². The largest absolute Gasteiger partial charge is 0.356 e. The van der Waals surface area contributed by atoms with Gasteiger partial charge in [0.1, 0.15) is 0 Å². The van der Waals surface area contributed by atoms with Gasteiger partial charge in [-0.05, 0) is 55.0 Å². The number of likely N-dealkylation sites (N-methyl/N-ethyl adjacent to an activating group) is 1. The summed E-state index contributed by atoms with van der Waals surface area (Å²) in [6.07, 6.45) is 1.13. The molecular formula is C17H39N5. The number of rotatable bonds is 10. The van der Waals surface area contributed by atoms with Gasteiger partial charge in [-0.2, -0.15) is 0 Å². The van der Waals surface area contributed by atoms with Crippen molar-refractivity contribution < 1.29 is 0 Å². The second-order valence-corrected chi connectivity index (χ2v) is 6.78. The van der Waals surface area contributed by atoms with Gasteiger partial charge < -0.3 is 15.5 Å². The molecule has 0 aliphatic heterocycles. The van der Waals surface area contributed by atoms with Crippen molar-refractivity contribution in [3.05, 3.63) is 0 Å². The van der Waals surface area contributed by atoms with Gasteiger partial charge >= 0.3 is 0 Å². The lowest BCUT2D eigenvalue weighted by molar-refractivity contribution is 0.173. The van der Waals surface area contributed by atoms with Gasteiger partial charge in [0.05, 0.1) is 0 Å². The molecule has 0 spiro atoms. The van der Waals surface area contributed by atoms with Crippen LogP contribution in [-0.4, -0.2) is 74.2 Å². The summed E-state index contributed by atoms with van der Waals surface area (Å²) in [5.41, 5.74) is 0. The zero-order valence-corrected chi connectivity index (χ0v) is 16.1. The highest BCUT2D eigenvalue weighted by Gasteiger charge is 2.12. The average Bonchev–Trinajstić information content (AvgIpc) is 2.43. The summed E-state index contributed by atoms with van der Waals surface area (Å²) in [6.45, 7) is 17.5. The van der Waals surface area contributed by atoms with E-state index in [1.807, 2.05) is 7.05 Å². The van der Waals surface area contributed by atoms with Crippen molar-refractivity contribution in [2.45, 2.75) is 66.1 Å². The lowest BCUT2D eigenvalue weighted by Crippen LogP contribution is -2.43. The van der Waals surface area contributed by atoms with Crippen molar-refractivity contribution in [2.75, 3.05) is 40.3 Å². The van der Waals surface area contributed by atoms with Crippen LogP contribution in [0.2, 0.25) is 0 Å². The number of hydrogen-bond acceptors (Lipinski definition) is 3. The maximum absolute atomic E-state index is 4.28. The number of aliphatic imine (C=N–C) groups is 1. The van der Waals surface area contributed by atoms with Gasteiger partial charge in [-0.25, -0.2) is 0 Å². The summed E-state index contributed by atoms with van der Waals surface area (Å²) < 4.78 is 0. The fraction of sp³-hybridized carbons (Fsp3) is 0.941. The van der Waals surface area contributed by atoms with Gasteiger partial charge in [-0.15, -0.1) is 0 Å². The van der Waals surface area contributed by atoms with Crippen molar-refractivity contribution in [1.82, 2.24) is 20.4 Å². The maximum Gasteiger partial charge on any atom is 0.191 e. The number of guanidine groups is 1. The standard InChI is InChI=1S/C17H39N5/c1-14(2)21(8)13-11-20-17(18-7)19-10-9-12-22(15(3)4)16(5)6/h14-16H,9-13H2,1-8H3,(H2,18,19,20). The van der Waals surface area contributed by atoms with Crippen LogP contribution >= 0.6 is 0 Å². The fourth-order valence-corrected chi connectivity index (χ4v) is 2.41. The molecule has 0 heterocycles. The minimum Gasteiger partial charge on any atom is -0.356 e. The summed E-state index contributed by atoms with van der Waals surface area (Å²) in [5.74, 6) is 0.901. The van der Waals surface area contributed by atoms with Crippen LogP contribution in [0.25, 0.3) is 0 Å². The Balaban J connectivity index is 3.92. The van der Waals surface area contributed by atoms with Crippen LogP contribution in [0.15, 0.2) is 4.99 Å². The van der Waals surface area contributed by atoms with Crippen molar-refractivity contribution in [2.24, 2.45) is 4.99 Å². The average molecular weight is 314 g/mol. The minimum atomic E-state index is 0.579. The Kier molecular flexibility index (Phi) is 11.3. The molecule has 0 aromatic heterocycles. The smallest absolute Gasteiger partial charge is 0.191 e. The molecule has 0 rings (SSSR count). The number of hydrogen-bond donors (Lipinski definition) is 2. The topological polar surface area (TPSA) is 42.9 Å². The Bertz CT molecular complexity index is 291. The Morgan fingerprint density at radius 3 is 1.86 bits per heavy atom. The van der Waals surface area contributed by atoms with Gasteiger partial charge in [0.15, 0.2) is 5.96 Å². The lowest BCUT2D eigenvalue weighted by Gasteiger charge is -2.30. The van der Waals surface area contributed by atoms with Crippen LogP contribution in [0.5, 0.6) is 0 Å². The number of nitrogens with zero attached hydrogens (tertiary/aromatic N) is 3. The molecule has 0 radical (unpaired) electrons. The predicted molar refractivity (Wildman–Crippen MR) is 98.7 cm³/mol. The SMILES string of the molecule is CN=C(NCCCN(C(C)C)C(C)C)NCCN(C)C(C)C. The molecule has 0 amide bonds. The van der Waals surface area contributed by atoms with Crippen LogP contribution in [0, 0.1) is 0 Å². The van der Waals surface area contributed by atoms with E-state index in [0.29, 0.717) is 18.1 Å². The first-order chi connectivity index (χ1) is 10.3. The first-order valence-electron chi connectivity index (χ1n) is 8.70. The van der Waals surface area contributed by atoms with E-state index in [1.165, 1.54) is 0 Å². The molecule has 0 atom stereocenters. The molecule has 132 valence electrons. The first-order valence-corrected chi connectivity index (χ1v) is 8.70. The van der Waals surface area contributed by atoms with Crippen molar-refractivity contribution in [1.29, 1.82) is 0 Å². The molecule has 0 aromatic rings. The molecular weight excluding hydrogens is 274 g/mol. The minimum absolute atomic E-state index is 0.579. The third-order valence-electron chi connectivity index (χ3n) is 4.07. The number of nitrogens with one attached hydrogen (secondary N) is 2. The summed E-state index contributed by atoms with van der Waals surface area (Å²) in [7, 11) is 3.98. The molecule has 0 aliphatic carbocycles. The highest BCUT2D eigenvalue weighted by Crippen LogP contribution is 2.05. The molecule has 2 N–H and O–H groups in total. The summed E-state index contributed by atoms with van der Waals surface area (Å²) >= 11 is 0. The van der Waals surface area contributed by atoms with Crippen molar-refractivity contribution in [3.8, 4) is 0 Å². The zero-order valence-electron chi connectivity index (χ0n) is 16.1. The Labute approximate surface area is 138 Å². The van der Waals surface area contributed by atoms with E-state index in [4.69, 9.17) is 0 Å². The summed E-state index contributed by atoms with van der Waals surface area (Å²) in [4.78, 5) is 9.13. The Morgan fingerprint density at radius 2 is 1.41 bits per heavy atom. The Morgan fingerprint density at radius 1 is 0.864 bits per heavy atom. The molecule has 22 heavy (non-hydrogen) atoms. The molecule has 5 heteroatoms. The van der Waals surface area contributed by atoms with E-state index in [0.717, 1.165) is 38.6 Å². The summed E-state index contributed by atoms with van der Waals surface area (Å²) in [5, 5.41) is 6.77. The van der Waals surface area contributed by atoms with Crippen LogP contribution in [0.3, 0.4) is 0 Å². The van der Waals surface area contributed by atoms with Crippen molar-refractivity contribution in [3.63, 3.8) is 0 Å². The molecule has 0 saturated heterocycles. The highest BCUT2D eigenvalue weighted by atomic mass is 15.2. The second-order valence-electron chi connectivity index (χ2n) is 6.78. The van der Waals surface area contributed by atoms with E-state index in [9.17, 15) is 0 Å².